The molecule has 0 aliphatic rings. The number of aryl methyl sites for hydroxylation is 1. The highest BCUT2D eigenvalue weighted by atomic mass is 32.1. The zero-order valence-corrected chi connectivity index (χ0v) is 14.4. The molecule has 134 valence electrons. The number of anilines is 1. The van der Waals surface area contributed by atoms with Crippen LogP contribution in [0.25, 0.3) is 0 Å². The Bertz CT molecular complexity index is 984. The Kier molecular flexibility index (Phi) is 5.52. The van der Waals surface area contributed by atoms with E-state index in [1.165, 1.54) is 28.0 Å². The molecule has 5 nitrogen and oxygen atoms in total. The van der Waals surface area contributed by atoms with Gasteiger partial charge in [-0.2, -0.15) is 0 Å². The van der Waals surface area contributed by atoms with Gasteiger partial charge in [0, 0.05) is 42.7 Å². The first-order valence-corrected chi connectivity index (χ1v) is 8.67. The fraction of sp³-hybridized carbons (Fsp3) is 0.167. The van der Waals surface area contributed by atoms with E-state index in [9.17, 15) is 18.4 Å². The smallest absolute Gasteiger partial charge is 0.250 e. The normalized spacial score (nSPS) is 10.7. The van der Waals surface area contributed by atoms with Crippen LogP contribution in [0.5, 0.6) is 0 Å². The van der Waals surface area contributed by atoms with Gasteiger partial charge in [0.15, 0.2) is 16.8 Å². The van der Waals surface area contributed by atoms with Crippen LogP contribution in [0.15, 0.2) is 53.6 Å². The van der Waals surface area contributed by atoms with Crippen molar-refractivity contribution in [2.24, 2.45) is 0 Å². The summed E-state index contributed by atoms with van der Waals surface area (Å²) >= 11 is 1.26. The third kappa shape index (κ3) is 4.60. The number of benzene rings is 1. The Hall–Kier alpha value is -2.87. The van der Waals surface area contributed by atoms with Crippen LogP contribution >= 0.6 is 11.3 Å². The molecular weight excluding hydrogens is 360 g/mol. The molecule has 2 aromatic heterocycles. The number of nitrogens with one attached hydrogen (secondary N) is 1. The van der Waals surface area contributed by atoms with Crippen molar-refractivity contribution in [2.75, 3.05) is 5.32 Å². The molecule has 3 aromatic rings. The Morgan fingerprint density at radius 2 is 2.04 bits per heavy atom. The predicted molar refractivity (Wildman–Crippen MR) is 95.2 cm³/mol. The number of pyridine rings is 1. The highest BCUT2D eigenvalue weighted by Gasteiger charge is 2.09. The summed E-state index contributed by atoms with van der Waals surface area (Å²) in [6.07, 6.45) is 3.74. The van der Waals surface area contributed by atoms with Gasteiger partial charge >= 0.3 is 0 Å². The van der Waals surface area contributed by atoms with E-state index in [2.05, 4.69) is 10.3 Å². The number of hydrogen-bond donors (Lipinski definition) is 1. The maximum absolute atomic E-state index is 13.2. The van der Waals surface area contributed by atoms with Gasteiger partial charge in [0.25, 0.3) is 5.56 Å². The number of thiazole rings is 1. The van der Waals surface area contributed by atoms with E-state index in [4.69, 9.17) is 0 Å². The summed E-state index contributed by atoms with van der Waals surface area (Å²) in [5, 5.41) is 3.10. The molecule has 0 radical (unpaired) electrons. The van der Waals surface area contributed by atoms with Crippen LogP contribution in [0, 0.1) is 11.6 Å². The average molecular weight is 375 g/mol. The van der Waals surface area contributed by atoms with Crippen molar-refractivity contribution in [3.05, 3.63) is 81.2 Å². The lowest BCUT2D eigenvalue weighted by Gasteiger charge is -2.04. The summed E-state index contributed by atoms with van der Waals surface area (Å²) in [4.78, 5) is 28.5. The summed E-state index contributed by atoms with van der Waals surface area (Å²) in [5.41, 5.74) is 0.456. The lowest BCUT2D eigenvalue weighted by atomic mass is 10.1. The van der Waals surface area contributed by atoms with Crippen LogP contribution in [-0.2, 0) is 17.8 Å². The molecule has 1 N–H and O–H groups in total. The van der Waals surface area contributed by atoms with Gasteiger partial charge in [0.1, 0.15) is 0 Å². The summed E-state index contributed by atoms with van der Waals surface area (Å²) in [7, 11) is 0. The van der Waals surface area contributed by atoms with E-state index in [0.29, 0.717) is 17.1 Å². The molecule has 0 aliphatic carbocycles. The number of hydrogen-bond acceptors (Lipinski definition) is 4. The fourth-order valence-corrected chi connectivity index (χ4v) is 3.21. The van der Waals surface area contributed by atoms with E-state index in [-0.39, 0.29) is 24.4 Å². The Morgan fingerprint density at radius 3 is 2.81 bits per heavy atom. The molecule has 26 heavy (non-hydrogen) atoms. The second-order valence-corrected chi connectivity index (χ2v) is 6.70. The van der Waals surface area contributed by atoms with Crippen molar-refractivity contribution in [2.45, 2.75) is 19.4 Å². The molecule has 0 fully saturated rings. The Labute approximate surface area is 151 Å². The van der Waals surface area contributed by atoms with Crippen molar-refractivity contribution in [3.8, 4) is 0 Å². The maximum Gasteiger partial charge on any atom is 0.250 e. The number of halogens is 2. The fourth-order valence-electron chi connectivity index (χ4n) is 2.35. The van der Waals surface area contributed by atoms with Gasteiger partial charge in [-0.05, 0) is 23.8 Å². The first kappa shape index (κ1) is 17.9. The van der Waals surface area contributed by atoms with E-state index in [0.717, 1.165) is 17.0 Å². The summed E-state index contributed by atoms with van der Waals surface area (Å²) in [5.74, 6) is -2.03. The van der Waals surface area contributed by atoms with Gasteiger partial charge in [-0.25, -0.2) is 13.8 Å². The molecule has 2 heterocycles. The minimum Gasteiger partial charge on any atom is -0.315 e. The highest BCUT2D eigenvalue weighted by molar-refractivity contribution is 7.15. The molecule has 0 atom stereocenters. The van der Waals surface area contributed by atoms with Crippen molar-refractivity contribution in [1.82, 2.24) is 9.55 Å². The third-order valence-corrected chi connectivity index (χ3v) is 4.55. The van der Waals surface area contributed by atoms with Gasteiger partial charge in [-0.1, -0.05) is 12.1 Å². The van der Waals surface area contributed by atoms with Gasteiger partial charge in [0.05, 0.1) is 0 Å². The molecule has 0 saturated carbocycles. The second-order valence-electron chi connectivity index (χ2n) is 5.59. The zero-order valence-electron chi connectivity index (χ0n) is 13.6. The number of aromatic nitrogens is 2. The quantitative estimate of drug-likeness (QED) is 0.720. The molecule has 0 unspecified atom stereocenters. The lowest BCUT2D eigenvalue weighted by Crippen LogP contribution is -2.21. The molecule has 0 aliphatic heterocycles. The molecule has 0 spiro atoms. The van der Waals surface area contributed by atoms with Crippen LogP contribution in [0.4, 0.5) is 13.9 Å². The lowest BCUT2D eigenvalue weighted by molar-refractivity contribution is -0.116. The number of rotatable bonds is 6. The first-order chi connectivity index (χ1) is 12.5. The van der Waals surface area contributed by atoms with Crippen LogP contribution in [-0.4, -0.2) is 15.5 Å². The van der Waals surface area contributed by atoms with E-state index >= 15 is 0 Å². The predicted octanol–water partition coefficient (Wildman–Crippen LogP) is 3.20. The highest BCUT2D eigenvalue weighted by Crippen LogP contribution is 2.22. The van der Waals surface area contributed by atoms with E-state index in [1.807, 2.05) is 0 Å². The Balaban J connectivity index is 1.56. The first-order valence-electron chi connectivity index (χ1n) is 7.85. The summed E-state index contributed by atoms with van der Waals surface area (Å²) in [6.45, 7) is 0.276. The van der Waals surface area contributed by atoms with Gasteiger partial charge < -0.3 is 9.88 Å². The standard InChI is InChI=1S/C18H15F2N3O2S/c19-14-5-4-12(10-15(14)20)9-13-11-21-18(26-13)22-16(24)6-8-23-7-2-1-3-17(23)25/h1-5,7,10-11H,6,8-9H2,(H,21,22,24). The minimum absolute atomic E-state index is 0.141. The number of carbonyl (C=O) groups is 1. The van der Waals surface area contributed by atoms with Crippen LogP contribution in [0.1, 0.15) is 16.9 Å². The Morgan fingerprint density at radius 1 is 1.19 bits per heavy atom. The van der Waals surface area contributed by atoms with Crippen LogP contribution in [0.3, 0.4) is 0 Å². The number of carbonyl (C=O) groups excluding carboxylic acids is 1. The molecular formula is C18H15F2N3O2S. The SMILES string of the molecule is O=C(CCn1ccccc1=O)Nc1ncc(Cc2ccc(F)c(F)c2)s1. The van der Waals surface area contributed by atoms with Crippen molar-refractivity contribution in [3.63, 3.8) is 0 Å². The zero-order chi connectivity index (χ0) is 18.5. The molecule has 3 rings (SSSR count). The second kappa shape index (κ2) is 8.01. The topological polar surface area (TPSA) is 64.0 Å². The largest absolute Gasteiger partial charge is 0.315 e. The third-order valence-electron chi connectivity index (χ3n) is 3.64. The minimum atomic E-state index is -0.892. The number of nitrogens with zero attached hydrogens (tertiary/aromatic N) is 2. The van der Waals surface area contributed by atoms with Crippen molar-refractivity contribution >= 4 is 22.4 Å². The van der Waals surface area contributed by atoms with Crippen molar-refractivity contribution < 1.29 is 13.6 Å². The number of amides is 1. The van der Waals surface area contributed by atoms with E-state index < -0.39 is 11.6 Å². The monoisotopic (exact) mass is 375 g/mol. The molecule has 1 amide bonds. The van der Waals surface area contributed by atoms with Crippen LogP contribution < -0.4 is 10.9 Å². The van der Waals surface area contributed by atoms with Gasteiger partial charge in [-0.3, -0.25) is 9.59 Å². The maximum atomic E-state index is 13.2. The van der Waals surface area contributed by atoms with Gasteiger partial charge in [0.2, 0.25) is 5.91 Å². The molecule has 8 heteroatoms. The van der Waals surface area contributed by atoms with Crippen molar-refractivity contribution in [1.29, 1.82) is 0 Å². The summed E-state index contributed by atoms with van der Waals surface area (Å²) < 4.78 is 27.6. The van der Waals surface area contributed by atoms with E-state index in [1.54, 1.807) is 24.5 Å². The van der Waals surface area contributed by atoms with Crippen LogP contribution in [0.2, 0.25) is 0 Å². The average Bonchev–Trinajstić information content (AvgIpc) is 3.04. The molecule has 0 bridgehead atoms. The summed E-state index contributed by atoms with van der Waals surface area (Å²) in [6, 6.07) is 8.54. The molecule has 0 saturated heterocycles. The molecule has 1 aromatic carbocycles. The van der Waals surface area contributed by atoms with Gasteiger partial charge in [-0.15, -0.1) is 11.3 Å².